The Bertz CT molecular complexity index is 1730. The van der Waals surface area contributed by atoms with Gasteiger partial charge in [0.05, 0.1) is 10.6 Å². The molecule has 0 atom stereocenters. The van der Waals surface area contributed by atoms with Crippen LogP contribution in [-0.4, -0.2) is 34.6 Å². The highest BCUT2D eigenvalue weighted by atomic mass is 32.2. The van der Waals surface area contributed by atoms with Crippen LogP contribution in [0.15, 0.2) is 71.6 Å². The van der Waals surface area contributed by atoms with Gasteiger partial charge in [0.2, 0.25) is 15.9 Å². The molecule has 1 aromatic heterocycles. The highest BCUT2D eigenvalue weighted by Crippen LogP contribution is 2.36. The Morgan fingerprint density at radius 3 is 2.24 bits per heavy atom. The van der Waals surface area contributed by atoms with Gasteiger partial charge in [-0.2, -0.15) is 9.78 Å². The lowest BCUT2D eigenvalue weighted by Crippen LogP contribution is -2.40. The molecule has 0 unspecified atom stereocenters. The molecule has 0 bridgehead atoms. The Balaban J connectivity index is 1.85. The van der Waals surface area contributed by atoms with Gasteiger partial charge in [0, 0.05) is 28.9 Å². The van der Waals surface area contributed by atoms with Crippen LogP contribution in [0.3, 0.4) is 0 Å². The molecule has 0 saturated carbocycles. The van der Waals surface area contributed by atoms with Gasteiger partial charge in [-0.1, -0.05) is 17.7 Å². The first-order chi connectivity index (χ1) is 19.1. The predicted molar refractivity (Wildman–Crippen MR) is 151 cm³/mol. The van der Waals surface area contributed by atoms with Crippen molar-refractivity contribution in [1.82, 2.24) is 14.5 Å². The van der Waals surface area contributed by atoms with E-state index in [-0.39, 0.29) is 22.9 Å². The summed E-state index contributed by atoms with van der Waals surface area (Å²) in [6.45, 7) is 8.36. The third-order valence-electron chi connectivity index (χ3n) is 5.74. The van der Waals surface area contributed by atoms with Crippen LogP contribution in [0.4, 0.5) is 15.8 Å². The molecule has 41 heavy (non-hydrogen) atoms. The van der Waals surface area contributed by atoms with E-state index in [0.29, 0.717) is 11.4 Å². The fourth-order valence-corrected chi connectivity index (χ4v) is 5.43. The van der Waals surface area contributed by atoms with Crippen LogP contribution in [0, 0.1) is 29.8 Å². The monoisotopic (exact) mass is 581 g/mol. The summed E-state index contributed by atoms with van der Waals surface area (Å²) >= 11 is 0. The van der Waals surface area contributed by atoms with Gasteiger partial charge in [-0.3, -0.25) is 14.9 Å². The van der Waals surface area contributed by atoms with E-state index in [1.165, 1.54) is 35.0 Å². The molecular weight excluding hydrogens is 553 g/mol. The largest absolute Gasteiger partial charge is 0.437 e. The number of nitro groups is 1. The second kappa shape index (κ2) is 11.1. The number of sulfonamides is 1. The molecule has 0 aliphatic carbocycles. The van der Waals surface area contributed by atoms with Crippen LogP contribution in [-0.2, 0) is 10.0 Å². The quantitative estimate of drug-likeness (QED) is 0.202. The van der Waals surface area contributed by atoms with E-state index >= 15 is 0 Å². The van der Waals surface area contributed by atoms with Crippen molar-refractivity contribution in [2.45, 2.75) is 45.1 Å². The topological polar surface area (TPSA) is 145 Å². The molecule has 1 heterocycles. The summed E-state index contributed by atoms with van der Waals surface area (Å²) in [4.78, 5) is 23.5. The number of benzene rings is 3. The molecule has 0 fully saturated rings. The summed E-state index contributed by atoms with van der Waals surface area (Å²) in [6, 6.07) is 15.5. The SMILES string of the molecule is Cc1ccc(-n2nc(C(=O)Nc3ccc(F)cc3)c(C)c2Oc2ccc([N+](=O)[O-])cc2S(=O)(=O)NC(C)(C)C)cc1. The second-order valence-corrected chi connectivity index (χ2v) is 12.0. The molecular formula is C28H28FN5O6S. The number of aromatic nitrogens is 2. The minimum Gasteiger partial charge on any atom is -0.437 e. The van der Waals surface area contributed by atoms with E-state index in [1.807, 2.05) is 19.1 Å². The van der Waals surface area contributed by atoms with Crippen molar-refractivity contribution in [3.8, 4) is 17.3 Å². The number of hydrogen-bond donors (Lipinski definition) is 2. The number of ether oxygens (including phenoxy) is 1. The number of carbonyl (C=O) groups excluding carboxylic acids is 1. The lowest BCUT2D eigenvalue weighted by molar-refractivity contribution is -0.385. The molecule has 11 nitrogen and oxygen atoms in total. The zero-order valence-electron chi connectivity index (χ0n) is 22.9. The predicted octanol–water partition coefficient (Wildman–Crippen LogP) is 5.66. The molecule has 214 valence electrons. The summed E-state index contributed by atoms with van der Waals surface area (Å²) < 4.78 is 49.9. The van der Waals surface area contributed by atoms with Crippen LogP contribution in [0.2, 0.25) is 0 Å². The standard InChI is InChI=1S/C28H28FN5O6S/c1-17-6-12-21(13-7-17)33-27(18(2)25(31-33)26(35)30-20-10-8-19(29)9-11-20)40-23-15-14-22(34(36)37)16-24(23)41(38,39)32-28(3,4)5/h6-16,32H,1-5H3,(H,30,35). The van der Waals surface area contributed by atoms with Crippen LogP contribution < -0.4 is 14.8 Å². The van der Waals surface area contributed by atoms with Crippen LogP contribution in [0.1, 0.15) is 42.4 Å². The number of non-ortho nitro benzene ring substituents is 1. The molecule has 2 N–H and O–H groups in total. The summed E-state index contributed by atoms with van der Waals surface area (Å²) in [7, 11) is -4.29. The second-order valence-electron chi connectivity index (χ2n) is 10.3. The van der Waals surface area contributed by atoms with Crippen molar-refractivity contribution in [1.29, 1.82) is 0 Å². The van der Waals surface area contributed by atoms with Crippen LogP contribution >= 0.6 is 0 Å². The maximum absolute atomic E-state index is 13.3. The lowest BCUT2D eigenvalue weighted by Gasteiger charge is -2.21. The van der Waals surface area contributed by atoms with Crippen molar-refractivity contribution >= 4 is 27.3 Å². The van der Waals surface area contributed by atoms with Gasteiger partial charge in [-0.25, -0.2) is 17.5 Å². The summed E-state index contributed by atoms with van der Waals surface area (Å²) in [6.07, 6.45) is 0. The molecule has 0 radical (unpaired) electrons. The van der Waals surface area contributed by atoms with Crippen LogP contribution in [0.25, 0.3) is 5.69 Å². The summed E-state index contributed by atoms with van der Waals surface area (Å²) in [5.74, 6) is -1.28. The van der Waals surface area contributed by atoms with E-state index in [9.17, 15) is 27.7 Å². The average molecular weight is 582 g/mol. The van der Waals surface area contributed by atoms with Gasteiger partial charge >= 0.3 is 0 Å². The normalized spacial score (nSPS) is 11.8. The van der Waals surface area contributed by atoms with E-state index in [1.54, 1.807) is 39.8 Å². The maximum Gasteiger partial charge on any atom is 0.276 e. The average Bonchev–Trinajstić information content (AvgIpc) is 3.20. The lowest BCUT2D eigenvalue weighted by atomic mass is 10.1. The van der Waals surface area contributed by atoms with E-state index < -0.39 is 42.8 Å². The fraction of sp³-hybridized carbons (Fsp3) is 0.214. The first-order valence-electron chi connectivity index (χ1n) is 12.4. The molecule has 4 aromatic rings. The highest BCUT2D eigenvalue weighted by molar-refractivity contribution is 7.89. The van der Waals surface area contributed by atoms with E-state index in [2.05, 4.69) is 15.1 Å². The number of aryl methyl sites for hydroxylation is 1. The molecule has 1 amide bonds. The number of carbonyl (C=O) groups is 1. The van der Waals surface area contributed by atoms with Gasteiger partial charge in [-0.05, 0) is 77.1 Å². The van der Waals surface area contributed by atoms with E-state index in [4.69, 9.17) is 4.74 Å². The first-order valence-corrected chi connectivity index (χ1v) is 13.9. The minimum atomic E-state index is -4.29. The van der Waals surface area contributed by atoms with Crippen molar-refractivity contribution in [3.63, 3.8) is 0 Å². The van der Waals surface area contributed by atoms with Gasteiger partial charge in [0.1, 0.15) is 16.5 Å². The third kappa shape index (κ3) is 6.76. The smallest absolute Gasteiger partial charge is 0.276 e. The summed E-state index contributed by atoms with van der Waals surface area (Å²) in [5, 5.41) is 18.6. The Morgan fingerprint density at radius 2 is 1.66 bits per heavy atom. The maximum atomic E-state index is 13.3. The molecule has 0 aliphatic rings. The van der Waals surface area contributed by atoms with Gasteiger partial charge < -0.3 is 10.1 Å². The van der Waals surface area contributed by atoms with Crippen molar-refractivity contribution in [2.75, 3.05) is 5.32 Å². The number of rotatable bonds is 8. The van der Waals surface area contributed by atoms with Crippen molar-refractivity contribution in [3.05, 3.63) is 99.5 Å². The number of nitrogens with one attached hydrogen (secondary N) is 2. The molecule has 0 aliphatic heterocycles. The van der Waals surface area contributed by atoms with Gasteiger partial charge in [0.15, 0.2) is 5.69 Å². The van der Waals surface area contributed by atoms with Gasteiger partial charge in [-0.15, -0.1) is 0 Å². The molecule has 3 aromatic carbocycles. The molecule has 4 rings (SSSR count). The number of nitro benzene ring substituents is 1. The Labute approximate surface area is 236 Å². The molecule has 13 heteroatoms. The van der Waals surface area contributed by atoms with Crippen LogP contribution in [0.5, 0.6) is 11.6 Å². The van der Waals surface area contributed by atoms with E-state index in [0.717, 1.165) is 17.7 Å². The summed E-state index contributed by atoms with van der Waals surface area (Å²) in [5.41, 5.74) is 0.681. The fourth-order valence-electron chi connectivity index (χ4n) is 3.87. The Morgan fingerprint density at radius 1 is 1.02 bits per heavy atom. The van der Waals surface area contributed by atoms with Gasteiger partial charge in [0.25, 0.3) is 11.6 Å². The highest BCUT2D eigenvalue weighted by Gasteiger charge is 2.30. The number of anilines is 1. The number of amides is 1. The number of halogens is 1. The number of hydrogen-bond acceptors (Lipinski definition) is 7. The molecule has 0 spiro atoms. The Kier molecular flexibility index (Phi) is 7.95. The Hall–Kier alpha value is -4.62. The molecule has 0 saturated heterocycles. The van der Waals surface area contributed by atoms with Crippen molar-refractivity contribution in [2.24, 2.45) is 0 Å². The third-order valence-corrected chi connectivity index (χ3v) is 7.52. The minimum absolute atomic E-state index is 0.0131. The first kappa shape index (κ1) is 29.4. The zero-order chi connectivity index (χ0) is 30.1. The van der Waals surface area contributed by atoms with Crippen molar-refractivity contribution < 1.29 is 27.3 Å². The zero-order valence-corrected chi connectivity index (χ0v) is 23.7. The number of nitrogens with zero attached hydrogens (tertiary/aromatic N) is 3.